The van der Waals surface area contributed by atoms with Crippen molar-refractivity contribution in [1.82, 2.24) is 10.3 Å². The number of nitrogens with zero attached hydrogens (tertiary/aromatic N) is 1. The Hall–Kier alpha value is -1.74. The van der Waals surface area contributed by atoms with Crippen LogP contribution in [0.4, 0.5) is 4.39 Å². The lowest BCUT2D eigenvalue weighted by Gasteiger charge is -2.21. The third-order valence-electron chi connectivity index (χ3n) is 3.62. The largest absolute Gasteiger partial charge is 0.305 e. The lowest BCUT2D eigenvalue weighted by Crippen LogP contribution is -2.26. The smallest absolute Gasteiger partial charge is 0.146 e. The van der Waals surface area contributed by atoms with Gasteiger partial charge in [0.1, 0.15) is 5.82 Å². The van der Waals surface area contributed by atoms with Crippen LogP contribution >= 0.6 is 0 Å². The highest BCUT2D eigenvalue weighted by molar-refractivity contribution is 5.39. The van der Waals surface area contributed by atoms with Crippen LogP contribution in [0.3, 0.4) is 0 Å². The molecule has 1 aromatic heterocycles. The van der Waals surface area contributed by atoms with E-state index in [4.69, 9.17) is 0 Å². The van der Waals surface area contributed by atoms with Crippen LogP contribution in [0.15, 0.2) is 36.5 Å². The number of hydrogen-bond donors (Lipinski definition) is 1. The van der Waals surface area contributed by atoms with E-state index in [0.29, 0.717) is 5.69 Å². The third kappa shape index (κ3) is 3.05. The summed E-state index contributed by atoms with van der Waals surface area (Å²) in [5.41, 5.74) is 3.96. The molecule has 0 saturated carbocycles. The van der Waals surface area contributed by atoms with Crippen molar-refractivity contribution in [2.45, 2.75) is 33.2 Å². The quantitative estimate of drug-likeness (QED) is 0.892. The molecule has 0 aliphatic heterocycles. The number of benzene rings is 1. The van der Waals surface area contributed by atoms with E-state index < -0.39 is 0 Å². The molecule has 0 amide bonds. The van der Waals surface area contributed by atoms with Gasteiger partial charge in [-0.1, -0.05) is 25.1 Å². The average Bonchev–Trinajstić information content (AvgIpc) is 2.45. The SMILES string of the molecule is CCCNC(c1cccc(C)c1C)c1ncccc1F. The molecule has 0 saturated heterocycles. The van der Waals surface area contributed by atoms with Gasteiger partial charge in [0.2, 0.25) is 0 Å². The number of pyridine rings is 1. The van der Waals surface area contributed by atoms with Crippen molar-refractivity contribution in [1.29, 1.82) is 0 Å². The minimum atomic E-state index is -0.262. The van der Waals surface area contributed by atoms with E-state index in [1.165, 1.54) is 17.2 Å². The zero-order chi connectivity index (χ0) is 14.5. The van der Waals surface area contributed by atoms with Gasteiger partial charge in [-0.05, 0) is 55.6 Å². The van der Waals surface area contributed by atoms with Crippen LogP contribution in [0, 0.1) is 19.7 Å². The summed E-state index contributed by atoms with van der Waals surface area (Å²) in [6.45, 7) is 7.08. The van der Waals surface area contributed by atoms with E-state index in [9.17, 15) is 4.39 Å². The van der Waals surface area contributed by atoms with Gasteiger partial charge in [-0.15, -0.1) is 0 Å². The Morgan fingerprint density at radius 2 is 2.00 bits per heavy atom. The van der Waals surface area contributed by atoms with E-state index in [1.807, 2.05) is 12.1 Å². The topological polar surface area (TPSA) is 24.9 Å². The predicted molar refractivity (Wildman–Crippen MR) is 80.2 cm³/mol. The number of rotatable bonds is 5. The van der Waals surface area contributed by atoms with Crippen molar-refractivity contribution in [3.05, 3.63) is 64.7 Å². The van der Waals surface area contributed by atoms with Crippen LogP contribution < -0.4 is 5.32 Å². The van der Waals surface area contributed by atoms with Crippen LogP contribution in [0.2, 0.25) is 0 Å². The zero-order valence-electron chi connectivity index (χ0n) is 12.3. The minimum absolute atomic E-state index is 0.198. The number of aryl methyl sites for hydroxylation is 1. The molecule has 2 aromatic rings. The summed E-state index contributed by atoms with van der Waals surface area (Å²) in [5.74, 6) is -0.262. The first-order valence-corrected chi connectivity index (χ1v) is 7.05. The molecule has 0 bridgehead atoms. The highest BCUT2D eigenvalue weighted by Gasteiger charge is 2.20. The second kappa shape index (κ2) is 6.62. The summed E-state index contributed by atoms with van der Waals surface area (Å²) in [5, 5.41) is 3.41. The summed E-state index contributed by atoms with van der Waals surface area (Å²) in [6.07, 6.45) is 2.64. The fourth-order valence-corrected chi connectivity index (χ4v) is 2.34. The molecule has 2 nitrogen and oxygen atoms in total. The van der Waals surface area contributed by atoms with Gasteiger partial charge in [0.15, 0.2) is 0 Å². The maximum atomic E-state index is 14.1. The van der Waals surface area contributed by atoms with Gasteiger partial charge in [0.05, 0.1) is 11.7 Å². The Kier molecular flexibility index (Phi) is 4.85. The molecule has 106 valence electrons. The van der Waals surface area contributed by atoms with Crippen LogP contribution in [-0.4, -0.2) is 11.5 Å². The van der Waals surface area contributed by atoms with Crippen LogP contribution in [-0.2, 0) is 0 Å². The van der Waals surface area contributed by atoms with Gasteiger partial charge in [0.25, 0.3) is 0 Å². The van der Waals surface area contributed by atoms with Crippen molar-refractivity contribution < 1.29 is 4.39 Å². The molecule has 1 N–H and O–H groups in total. The van der Waals surface area contributed by atoms with E-state index in [1.54, 1.807) is 12.3 Å². The van der Waals surface area contributed by atoms with E-state index in [2.05, 4.69) is 37.1 Å². The second-order valence-electron chi connectivity index (χ2n) is 5.05. The van der Waals surface area contributed by atoms with E-state index in [-0.39, 0.29) is 11.9 Å². The summed E-state index contributed by atoms with van der Waals surface area (Å²) >= 11 is 0. The van der Waals surface area contributed by atoms with E-state index in [0.717, 1.165) is 18.5 Å². The second-order valence-corrected chi connectivity index (χ2v) is 5.05. The fourth-order valence-electron chi connectivity index (χ4n) is 2.34. The molecular formula is C17H21FN2. The molecule has 1 aromatic carbocycles. The molecule has 2 rings (SSSR count). The summed E-state index contributed by atoms with van der Waals surface area (Å²) in [7, 11) is 0. The first-order chi connectivity index (χ1) is 9.65. The van der Waals surface area contributed by atoms with Gasteiger partial charge in [-0.2, -0.15) is 0 Å². The Morgan fingerprint density at radius 1 is 1.20 bits per heavy atom. The predicted octanol–water partition coefficient (Wildman–Crippen LogP) is 3.93. The standard InChI is InChI=1S/C17H21FN2/c1-4-10-19-16(17-15(18)9-6-11-20-17)14-8-5-7-12(2)13(14)3/h5-9,11,16,19H,4,10H2,1-3H3. The van der Waals surface area contributed by atoms with Crippen LogP contribution in [0.5, 0.6) is 0 Å². The lowest BCUT2D eigenvalue weighted by atomic mass is 9.95. The molecule has 1 atom stereocenters. The minimum Gasteiger partial charge on any atom is -0.305 e. The maximum Gasteiger partial charge on any atom is 0.146 e. The molecule has 1 unspecified atom stereocenters. The summed E-state index contributed by atoms with van der Waals surface area (Å²) < 4.78 is 14.1. The normalized spacial score (nSPS) is 12.4. The van der Waals surface area contributed by atoms with E-state index >= 15 is 0 Å². The Balaban J connectivity index is 2.47. The molecule has 20 heavy (non-hydrogen) atoms. The molecule has 0 fully saturated rings. The highest BCUT2D eigenvalue weighted by atomic mass is 19.1. The zero-order valence-corrected chi connectivity index (χ0v) is 12.3. The Bertz CT molecular complexity index is 581. The first kappa shape index (κ1) is 14.7. The molecule has 3 heteroatoms. The highest BCUT2D eigenvalue weighted by Crippen LogP contribution is 2.26. The van der Waals surface area contributed by atoms with Crippen LogP contribution in [0.1, 0.15) is 41.8 Å². The molecule has 0 aliphatic rings. The molecule has 0 radical (unpaired) electrons. The third-order valence-corrected chi connectivity index (χ3v) is 3.62. The van der Waals surface area contributed by atoms with Gasteiger partial charge < -0.3 is 5.32 Å². The Morgan fingerprint density at radius 3 is 2.70 bits per heavy atom. The monoisotopic (exact) mass is 272 g/mol. The van der Waals surface area contributed by atoms with Gasteiger partial charge >= 0.3 is 0 Å². The van der Waals surface area contributed by atoms with Crippen molar-refractivity contribution >= 4 is 0 Å². The average molecular weight is 272 g/mol. The van der Waals surface area contributed by atoms with Gasteiger partial charge in [0, 0.05) is 6.20 Å². The number of aromatic nitrogens is 1. The molecule has 1 heterocycles. The van der Waals surface area contributed by atoms with Gasteiger partial charge in [-0.25, -0.2) is 4.39 Å². The van der Waals surface area contributed by atoms with Crippen molar-refractivity contribution in [3.8, 4) is 0 Å². The maximum absolute atomic E-state index is 14.1. The summed E-state index contributed by atoms with van der Waals surface area (Å²) in [6, 6.07) is 9.02. The van der Waals surface area contributed by atoms with Crippen molar-refractivity contribution in [3.63, 3.8) is 0 Å². The number of hydrogen-bond acceptors (Lipinski definition) is 2. The lowest BCUT2D eigenvalue weighted by molar-refractivity contribution is 0.530. The molecule has 0 spiro atoms. The van der Waals surface area contributed by atoms with Crippen molar-refractivity contribution in [2.24, 2.45) is 0 Å². The number of halogens is 1. The van der Waals surface area contributed by atoms with Crippen molar-refractivity contribution in [2.75, 3.05) is 6.54 Å². The van der Waals surface area contributed by atoms with Crippen LogP contribution in [0.25, 0.3) is 0 Å². The van der Waals surface area contributed by atoms with Gasteiger partial charge in [-0.3, -0.25) is 4.98 Å². The Labute approximate surface area is 120 Å². The molecule has 0 aliphatic carbocycles. The number of nitrogens with one attached hydrogen (secondary N) is 1. The summed E-state index contributed by atoms with van der Waals surface area (Å²) in [4.78, 5) is 4.24. The molecular weight excluding hydrogens is 251 g/mol. The fraction of sp³-hybridized carbons (Fsp3) is 0.353. The first-order valence-electron chi connectivity index (χ1n) is 7.05.